The van der Waals surface area contributed by atoms with Gasteiger partial charge in [-0.05, 0) is 18.6 Å². The number of carboxylic acids is 1. The van der Waals surface area contributed by atoms with Crippen molar-refractivity contribution in [2.75, 3.05) is 10.5 Å². The molecule has 1 rings (SSSR count). The van der Waals surface area contributed by atoms with Gasteiger partial charge in [-0.1, -0.05) is 12.1 Å². The maximum atomic E-state index is 13.3. The lowest BCUT2D eigenvalue weighted by Gasteiger charge is -2.10. The SMILES string of the molecule is Cc1cccc(F)c1NS(=O)(=O)CCC(=O)O. The summed E-state index contributed by atoms with van der Waals surface area (Å²) in [7, 11) is -3.85. The van der Waals surface area contributed by atoms with Crippen LogP contribution >= 0.6 is 0 Å². The van der Waals surface area contributed by atoms with Gasteiger partial charge in [0.25, 0.3) is 0 Å². The first-order chi connectivity index (χ1) is 7.82. The van der Waals surface area contributed by atoms with Gasteiger partial charge in [0.2, 0.25) is 10.0 Å². The van der Waals surface area contributed by atoms with Crippen LogP contribution in [0.3, 0.4) is 0 Å². The number of aryl methyl sites for hydroxylation is 1. The molecule has 0 aliphatic heterocycles. The van der Waals surface area contributed by atoms with Crippen LogP contribution in [0.1, 0.15) is 12.0 Å². The molecule has 0 atom stereocenters. The first-order valence-electron chi connectivity index (χ1n) is 4.79. The van der Waals surface area contributed by atoms with Crippen LogP contribution in [0, 0.1) is 12.7 Å². The molecular weight excluding hydrogens is 249 g/mol. The van der Waals surface area contributed by atoms with E-state index in [1.54, 1.807) is 13.0 Å². The van der Waals surface area contributed by atoms with E-state index in [4.69, 9.17) is 5.11 Å². The molecule has 0 amide bonds. The fourth-order valence-corrected chi connectivity index (χ4v) is 2.30. The van der Waals surface area contributed by atoms with E-state index in [9.17, 15) is 17.6 Å². The van der Waals surface area contributed by atoms with Crippen molar-refractivity contribution in [3.8, 4) is 0 Å². The summed E-state index contributed by atoms with van der Waals surface area (Å²) < 4.78 is 38.3. The summed E-state index contributed by atoms with van der Waals surface area (Å²) in [6.07, 6.45) is -0.525. The van der Waals surface area contributed by atoms with Crippen LogP contribution in [0.15, 0.2) is 18.2 Å². The van der Waals surface area contributed by atoms with Gasteiger partial charge in [-0.2, -0.15) is 0 Å². The third-order valence-corrected chi connectivity index (χ3v) is 3.32. The molecule has 0 spiro atoms. The zero-order valence-electron chi connectivity index (χ0n) is 9.10. The summed E-state index contributed by atoms with van der Waals surface area (Å²) >= 11 is 0. The van der Waals surface area contributed by atoms with Crippen LogP contribution < -0.4 is 4.72 Å². The van der Waals surface area contributed by atoms with Gasteiger partial charge in [-0.25, -0.2) is 12.8 Å². The molecule has 1 aromatic rings. The number of rotatable bonds is 5. The van der Waals surface area contributed by atoms with Gasteiger partial charge in [0.1, 0.15) is 5.82 Å². The number of carboxylic acid groups (broad SMARTS) is 1. The molecule has 0 bridgehead atoms. The predicted molar refractivity (Wildman–Crippen MR) is 60.8 cm³/mol. The van der Waals surface area contributed by atoms with Gasteiger partial charge < -0.3 is 5.11 Å². The minimum absolute atomic E-state index is 0.141. The predicted octanol–water partition coefficient (Wildman–Crippen LogP) is 1.35. The number of carbonyl (C=O) groups is 1. The molecule has 0 saturated heterocycles. The molecule has 0 aromatic heterocycles. The highest BCUT2D eigenvalue weighted by molar-refractivity contribution is 7.92. The molecule has 0 radical (unpaired) electrons. The first-order valence-corrected chi connectivity index (χ1v) is 6.44. The number of nitrogens with one attached hydrogen (secondary N) is 1. The van der Waals surface area contributed by atoms with Gasteiger partial charge in [-0.15, -0.1) is 0 Å². The average Bonchev–Trinajstić information content (AvgIpc) is 2.21. The van der Waals surface area contributed by atoms with Crippen LogP contribution in [0.25, 0.3) is 0 Å². The zero-order chi connectivity index (χ0) is 13.1. The molecule has 0 heterocycles. The number of para-hydroxylation sites is 1. The Hall–Kier alpha value is -1.63. The van der Waals surface area contributed by atoms with Gasteiger partial charge in [0.15, 0.2) is 0 Å². The number of halogens is 1. The smallest absolute Gasteiger partial charge is 0.304 e. The molecule has 17 heavy (non-hydrogen) atoms. The topological polar surface area (TPSA) is 83.5 Å². The van der Waals surface area contributed by atoms with E-state index < -0.39 is 34.0 Å². The normalized spacial score (nSPS) is 11.2. The van der Waals surface area contributed by atoms with Crippen LogP contribution in [0.2, 0.25) is 0 Å². The monoisotopic (exact) mass is 261 g/mol. The molecule has 7 heteroatoms. The van der Waals surface area contributed by atoms with Crippen molar-refractivity contribution < 1.29 is 22.7 Å². The Kier molecular flexibility index (Phi) is 4.06. The summed E-state index contributed by atoms with van der Waals surface area (Å²) in [5.41, 5.74) is 0.293. The van der Waals surface area contributed by atoms with Crippen LogP contribution in [-0.2, 0) is 14.8 Å². The third-order valence-electron chi connectivity index (χ3n) is 2.06. The van der Waals surface area contributed by atoms with Crippen molar-refractivity contribution in [3.63, 3.8) is 0 Å². The lowest BCUT2D eigenvalue weighted by atomic mass is 10.2. The Labute approximate surface area is 98.3 Å². The number of hydrogen-bond donors (Lipinski definition) is 2. The van der Waals surface area contributed by atoms with E-state index >= 15 is 0 Å². The summed E-state index contributed by atoms with van der Waals surface area (Å²) in [5, 5.41) is 8.39. The molecule has 0 aliphatic rings. The van der Waals surface area contributed by atoms with Gasteiger partial charge in [0, 0.05) is 0 Å². The summed E-state index contributed by atoms with van der Waals surface area (Å²) in [5.74, 6) is -2.50. The summed E-state index contributed by atoms with van der Waals surface area (Å²) in [6.45, 7) is 1.55. The standard InChI is InChI=1S/C10H12FNO4S/c1-7-3-2-4-8(11)10(7)12-17(15,16)6-5-9(13)14/h2-4,12H,5-6H2,1H3,(H,13,14). The number of hydrogen-bond acceptors (Lipinski definition) is 3. The van der Waals surface area contributed by atoms with Crippen molar-refractivity contribution in [1.29, 1.82) is 0 Å². The van der Waals surface area contributed by atoms with E-state index in [2.05, 4.69) is 0 Å². The largest absolute Gasteiger partial charge is 0.481 e. The number of benzene rings is 1. The lowest BCUT2D eigenvalue weighted by Crippen LogP contribution is -2.20. The fraction of sp³-hybridized carbons (Fsp3) is 0.300. The number of sulfonamides is 1. The zero-order valence-corrected chi connectivity index (χ0v) is 9.92. The van der Waals surface area contributed by atoms with Gasteiger partial charge in [0.05, 0.1) is 17.9 Å². The molecule has 0 aliphatic carbocycles. The van der Waals surface area contributed by atoms with Crippen LogP contribution in [-0.4, -0.2) is 25.2 Å². The molecular formula is C10H12FNO4S. The molecule has 0 fully saturated rings. The van der Waals surface area contributed by atoms with Crippen molar-refractivity contribution >= 4 is 21.7 Å². The molecule has 0 unspecified atom stereocenters. The van der Waals surface area contributed by atoms with Gasteiger partial charge >= 0.3 is 5.97 Å². The van der Waals surface area contributed by atoms with E-state index in [1.165, 1.54) is 6.07 Å². The van der Waals surface area contributed by atoms with Crippen molar-refractivity contribution in [2.24, 2.45) is 0 Å². The fourth-order valence-electron chi connectivity index (χ4n) is 1.19. The van der Waals surface area contributed by atoms with Crippen molar-refractivity contribution in [1.82, 2.24) is 0 Å². The molecule has 1 aromatic carbocycles. The molecule has 2 N–H and O–H groups in total. The molecule has 0 saturated carbocycles. The highest BCUT2D eigenvalue weighted by Gasteiger charge is 2.16. The quantitative estimate of drug-likeness (QED) is 0.838. The highest BCUT2D eigenvalue weighted by atomic mass is 32.2. The van der Waals surface area contributed by atoms with Crippen molar-refractivity contribution in [3.05, 3.63) is 29.6 Å². The summed E-state index contributed by atoms with van der Waals surface area (Å²) in [4.78, 5) is 10.3. The van der Waals surface area contributed by atoms with E-state index in [1.807, 2.05) is 4.72 Å². The number of aliphatic carboxylic acids is 1. The third kappa shape index (κ3) is 4.03. The highest BCUT2D eigenvalue weighted by Crippen LogP contribution is 2.20. The second-order valence-corrected chi connectivity index (χ2v) is 5.34. The van der Waals surface area contributed by atoms with Crippen LogP contribution in [0.4, 0.5) is 10.1 Å². The Morgan fingerprint density at radius 3 is 2.65 bits per heavy atom. The van der Waals surface area contributed by atoms with Crippen LogP contribution in [0.5, 0.6) is 0 Å². The van der Waals surface area contributed by atoms with Crippen molar-refractivity contribution in [2.45, 2.75) is 13.3 Å². The second-order valence-electron chi connectivity index (χ2n) is 3.50. The molecule has 5 nitrogen and oxygen atoms in total. The van der Waals surface area contributed by atoms with E-state index in [-0.39, 0.29) is 5.69 Å². The average molecular weight is 261 g/mol. The Morgan fingerprint density at radius 1 is 1.47 bits per heavy atom. The Balaban J connectivity index is 2.87. The van der Waals surface area contributed by atoms with E-state index in [0.29, 0.717) is 5.56 Å². The Bertz CT molecular complexity index is 507. The van der Waals surface area contributed by atoms with Gasteiger partial charge in [-0.3, -0.25) is 9.52 Å². The minimum atomic E-state index is -3.85. The maximum absolute atomic E-state index is 13.3. The first kappa shape index (κ1) is 13.4. The maximum Gasteiger partial charge on any atom is 0.304 e. The Morgan fingerprint density at radius 2 is 2.12 bits per heavy atom. The van der Waals surface area contributed by atoms with E-state index in [0.717, 1.165) is 6.07 Å². The number of anilines is 1. The molecule has 94 valence electrons. The minimum Gasteiger partial charge on any atom is -0.481 e. The lowest BCUT2D eigenvalue weighted by molar-refractivity contribution is -0.136. The second kappa shape index (κ2) is 5.13. The summed E-state index contributed by atoms with van der Waals surface area (Å²) in [6, 6.07) is 4.14.